The first kappa shape index (κ1) is 25.2. The lowest BCUT2D eigenvalue weighted by Crippen LogP contribution is -2.56. The molecule has 3 aliphatic heterocycles. The maximum absolute atomic E-state index is 13.4. The summed E-state index contributed by atoms with van der Waals surface area (Å²) in [5.41, 5.74) is 5.63. The van der Waals surface area contributed by atoms with Crippen molar-refractivity contribution in [1.29, 1.82) is 5.26 Å². The molecule has 0 saturated carbocycles. The Hall–Kier alpha value is -4.75. The zero-order valence-electron chi connectivity index (χ0n) is 22.7. The Kier molecular flexibility index (Phi) is 6.16. The largest absolute Gasteiger partial charge is 0.377 e. The van der Waals surface area contributed by atoms with E-state index in [1.165, 1.54) is 16.2 Å². The van der Waals surface area contributed by atoms with Crippen molar-refractivity contribution < 1.29 is 9.53 Å². The quantitative estimate of drug-likeness (QED) is 0.386. The number of aromatic nitrogens is 4. The highest BCUT2D eigenvalue weighted by molar-refractivity contribution is 5.95. The van der Waals surface area contributed by atoms with E-state index in [1.54, 1.807) is 30.0 Å². The van der Waals surface area contributed by atoms with Crippen LogP contribution in [0.5, 0.6) is 0 Å². The Bertz CT molecular complexity index is 1780. The fraction of sp³-hybridized carbons (Fsp3) is 0.323. The van der Waals surface area contributed by atoms with Gasteiger partial charge in [-0.1, -0.05) is 6.08 Å². The van der Waals surface area contributed by atoms with Crippen LogP contribution >= 0.6 is 0 Å². The van der Waals surface area contributed by atoms with E-state index >= 15 is 0 Å². The van der Waals surface area contributed by atoms with Gasteiger partial charge in [0.25, 0.3) is 11.5 Å². The van der Waals surface area contributed by atoms with Crippen LogP contribution in [-0.4, -0.2) is 68.4 Å². The van der Waals surface area contributed by atoms with E-state index in [-0.39, 0.29) is 23.6 Å². The number of fused-ring (bicyclic) bond motifs is 3. The van der Waals surface area contributed by atoms with Crippen molar-refractivity contribution in [1.82, 2.24) is 24.1 Å². The average Bonchev–Trinajstić information content (AvgIpc) is 3.55. The molecule has 41 heavy (non-hydrogen) atoms. The first-order valence-electron chi connectivity index (χ1n) is 13.9. The van der Waals surface area contributed by atoms with Gasteiger partial charge in [-0.25, -0.2) is 9.50 Å². The molecule has 7 heterocycles. The third-order valence-electron chi connectivity index (χ3n) is 8.52. The number of piperazine rings is 1. The summed E-state index contributed by atoms with van der Waals surface area (Å²) in [5.74, 6) is 0.787. The molecule has 4 aromatic heterocycles. The number of hydrogen-bond acceptors (Lipinski definition) is 7. The molecule has 2 unspecified atom stereocenters. The molecule has 2 bridgehead atoms. The number of amides is 1. The number of rotatable bonds is 4. The summed E-state index contributed by atoms with van der Waals surface area (Å²) in [5, 5.41) is 14.2. The second-order valence-corrected chi connectivity index (χ2v) is 10.9. The lowest BCUT2D eigenvalue weighted by Gasteiger charge is -2.41. The van der Waals surface area contributed by atoms with Crippen molar-refractivity contribution in [2.45, 2.75) is 31.3 Å². The second-order valence-electron chi connectivity index (χ2n) is 10.9. The predicted octanol–water partition coefficient (Wildman–Crippen LogP) is 3.26. The smallest absolute Gasteiger partial charge is 0.254 e. The molecule has 3 aliphatic rings. The summed E-state index contributed by atoms with van der Waals surface area (Å²) in [6.07, 6.45) is 11.9. The minimum absolute atomic E-state index is 0.0702. The minimum atomic E-state index is -0.184. The molecule has 0 N–H and O–H groups in total. The number of aryl methyl sites for hydroxylation is 1. The van der Waals surface area contributed by atoms with Crippen molar-refractivity contribution in [2.75, 3.05) is 31.2 Å². The van der Waals surface area contributed by atoms with E-state index in [4.69, 9.17) is 9.72 Å². The first-order valence-corrected chi connectivity index (χ1v) is 13.9. The van der Waals surface area contributed by atoms with E-state index in [1.807, 2.05) is 29.4 Å². The first-order chi connectivity index (χ1) is 20.0. The third kappa shape index (κ3) is 4.39. The van der Waals surface area contributed by atoms with Gasteiger partial charge in [-0.2, -0.15) is 10.4 Å². The van der Waals surface area contributed by atoms with Crippen LogP contribution in [0.4, 0.5) is 5.82 Å². The molecular formula is C31H29N7O3. The number of nitriles is 1. The van der Waals surface area contributed by atoms with E-state index in [0.717, 1.165) is 47.3 Å². The molecule has 206 valence electrons. The van der Waals surface area contributed by atoms with Crippen LogP contribution in [0.2, 0.25) is 0 Å². The number of nitrogens with zero attached hydrogens (tertiary/aromatic N) is 7. The van der Waals surface area contributed by atoms with Crippen LogP contribution < -0.4 is 10.5 Å². The highest BCUT2D eigenvalue weighted by atomic mass is 16.5. The Morgan fingerprint density at radius 2 is 1.93 bits per heavy atom. The fourth-order valence-electron chi connectivity index (χ4n) is 6.37. The van der Waals surface area contributed by atoms with Crippen molar-refractivity contribution in [3.63, 3.8) is 0 Å². The van der Waals surface area contributed by atoms with Crippen molar-refractivity contribution in [2.24, 2.45) is 7.05 Å². The molecule has 7 rings (SSSR count). The molecule has 0 aliphatic carbocycles. The van der Waals surface area contributed by atoms with Gasteiger partial charge in [-0.3, -0.25) is 9.59 Å². The van der Waals surface area contributed by atoms with Crippen molar-refractivity contribution in [3.8, 4) is 17.2 Å². The van der Waals surface area contributed by atoms with Gasteiger partial charge in [-0.05, 0) is 54.7 Å². The number of anilines is 1. The topological polar surface area (TPSA) is 109 Å². The van der Waals surface area contributed by atoms with Gasteiger partial charge >= 0.3 is 0 Å². The zero-order valence-corrected chi connectivity index (χ0v) is 22.7. The monoisotopic (exact) mass is 547 g/mol. The van der Waals surface area contributed by atoms with E-state index in [2.05, 4.69) is 28.2 Å². The zero-order chi connectivity index (χ0) is 28.1. The number of hydrogen-bond donors (Lipinski definition) is 0. The molecule has 0 aromatic carbocycles. The number of ether oxygens (including phenoxy) is 1. The molecule has 2 atom stereocenters. The lowest BCUT2D eigenvalue weighted by atomic mass is 9.98. The fourth-order valence-corrected chi connectivity index (χ4v) is 6.37. The SMILES string of the molecule is Cn1ccc(C(=O)N2C3CCC2CN(c2ccc(-c4cc(C5=CCOCC5)cn5ncc(C#N)c45)cn2)C3)cc1=O. The molecule has 2 saturated heterocycles. The number of pyridine rings is 3. The van der Waals surface area contributed by atoms with Crippen LogP contribution in [0, 0.1) is 11.3 Å². The van der Waals surface area contributed by atoms with E-state index < -0.39 is 0 Å². The normalized spacial score (nSPS) is 20.2. The second kappa shape index (κ2) is 10.0. The van der Waals surface area contributed by atoms with E-state index in [0.29, 0.717) is 37.4 Å². The lowest BCUT2D eigenvalue weighted by molar-refractivity contribution is 0.0640. The number of carbonyl (C=O) groups excluding carboxylic acids is 1. The van der Waals surface area contributed by atoms with E-state index in [9.17, 15) is 14.9 Å². The Morgan fingerprint density at radius 1 is 1.10 bits per heavy atom. The van der Waals surface area contributed by atoms with Crippen LogP contribution in [0.15, 0.2) is 66.0 Å². The van der Waals surface area contributed by atoms with Crippen molar-refractivity contribution in [3.05, 3.63) is 88.2 Å². The molecule has 10 heteroatoms. The average molecular weight is 548 g/mol. The van der Waals surface area contributed by atoms with Gasteiger partial charge in [0, 0.05) is 61.5 Å². The van der Waals surface area contributed by atoms with Crippen LogP contribution in [0.25, 0.3) is 22.2 Å². The summed E-state index contributed by atoms with van der Waals surface area (Å²) in [4.78, 5) is 34.5. The van der Waals surface area contributed by atoms with Gasteiger partial charge in [0.05, 0.1) is 42.6 Å². The summed E-state index contributed by atoms with van der Waals surface area (Å²) in [6, 6.07) is 11.7. The molecule has 0 spiro atoms. The summed E-state index contributed by atoms with van der Waals surface area (Å²) in [6.45, 7) is 2.65. The molecule has 2 fully saturated rings. The minimum Gasteiger partial charge on any atom is -0.377 e. The van der Waals surface area contributed by atoms with Gasteiger partial charge in [0.2, 0.25) is 0 Å². The maximum atomic E-state index is 13.4. The standard InChI is InChI=1S/C31H29N7O3/c1-35-9-6-21(13-29(35)39)31(40)38-25-3-4-26(38)19-36(18-25)28-5-2-22(15-33-28)27-12-23(20-7-10-41-11-8-20)17-37-30(27)24(14-32)16-34-37/h2,5-7,9,12-13,15-17,25-26H,3-4,8,10-11,18-19H2,1H3. The Balaban J connectivity index is 1.16. The van der Waals surface area contributed by atoms with Gasteiger partial charge in [0.1, 0.15) is 11.9 Å². The molecular weight excluding hydrogens is 518 g/mol. The van der Waals surface area contributed by atoms with Crippen molar-refractivity contribution >= 4 is 22.8 Å². The molecule has 4 aromatic rings. The van der Waals surface area contributed by atoms with Gasteiger partial charge < -0.3 is 19.1 Å². The van der Waals surface area contributed by atoms with Crippen LogP contribution in [0.1, 0.15) is 40.7 Å². The highest BCUT2D eigenvalue weighted by Gasteiger charge is 2.43. The molecule has 0 radical (unpaired) electrons. The van der Waals surface area contributed by atoms with Gasteiger partial charge in [-0.15, -0.1) is 0 Å². The summed E-state index contributed by atoms with van der Waals surface area (Å²) < 4.78 is 8.75. The molecule has 10 nitrogen and oxygen atoms in total. The third-order valence-corrected chi connectivity index (χ3v) is 8.52. The molecule has 1 amide bonds. The van der Waals surface area contributed by atoms with Crippen LogP contribution in [0.3, 0.4) is 0 Å². The van der Waals surface area contributed by atoms with Gasteiger partial charge in [0.15, 0.2) is 0 Å². The number of carbonyl (C=O) groups is 1. The Morgan fingerprint density at radius 3 is 2.61 bits per heavy atom. The summed E-state index contributed by atoms with van der Waals surface area (Å²) >= 11 is 0. The predicted molar refractivity (Wildman–Crippen MR) is 153 cm³/mol. The maximum Gasteiger partial charge on any atom is 0.254 e. The Labute approximate surface area is 236 Å². The van der Waals surface area contributed by atoms with Crippen LogP contribution in [-0.2, 0) is 11.8 Å². The summed E-state index contributed by atoms with van der Waals surface area (Å²) in [7, 11) is 1.68. The highest BCUT2D eigenvalue weighted by Crippen LogP contribution is 2.35.